The summed E-state index contributed by atoms with van der Waals surface area (Å²) in [6.07, 6.45) is 2.19. The molecule has 21 heavy (non-hydrogen) atoms. The SMILES string of the molecule is CCCn1cc(S(=O)(=O)NC2CCOC2=O)cc1C(=O)O. The van der Waals surface area contributed by atoms with Crippen molar-refractivity contribution in [2.24, 2.45) is 0 Å². The van der Waals surface area contributed by atoms with E-state index < -0.39 is 28.0 Å². The number of hydrogen-bond acceptors (Lipinski definition) is 5. The van der Waals surface area contributed by atoms with Crippen molar-refractivity contribution in [3.05, 3.63) is 18.0 Å². The maximum atomic E-state index is 12.2. The average Bonchev–Trinajstić information content (AvgIpc) is 2.97. The Labute approximate surface area is 121 Å². The van der Waals surface area contributed by atoms with Crippen LogP contribution >= 0.6 is 0 Å². The van der Waals surface area contributed by atoms with Crippen molar-refractivity contribution in [3.8, 4) is 0 Å². The van der Waals surface area contributed by atoms with Crippen LogP contribution in [0.25, 0.3) is 0 Å². The third-order valence-corrected chi connectivity index (χ3v) is 4.54. The summed E-state index contributed by atoms with van der Waals surface area (Å²) in [6, 6.07) is 0.165. The highest BCUT2D eigenvalue weighted by molar-refractivity contribution is 7.89. The summed E-state index contributed by atoms with van der Waals surface area (Å²) in [5, 5.41) is 9.09. The highest BCUT2D eigenvalue weighted by atomic mass is 32.2. The van der Waals surface area contributed by atoms with Gasteiger partial charge in [0.05, 0.1) is 6.61 Å². The van der Waals surface area contributed by atoms with Crippen LogP contribution in [0, 0.1) is 0 Å². The monoisotopic (exact) mass is 316 g/mol. The van der Waals surface area contributed by atoms with E-state index in [1.54, 1.807) is 0 Å². The molecule has 0 amide bonds. The van der Waals surface area contributed by atoms with Gasteiger partial charge in [-0.15, -0.1) is 0 Å². The lowest BCUT2D eigenvalue weighted by Crippen LogP contribution is -2.37. The van der Waals surface area contributed by atoms with Crippen LogP contribution in [0.15, 0.2) is 17.2 Å². The molecule has 1 unspecified atom stereocenters. The van der Waals surface area contributed by atoms with E-state index in [0.717, 1.165) is 6.07 Å². The largest absolute Gasteiger partial charge is 0.477 e. The number of aromatic nitrogens is 1. The van der Waals surface area contributed by atoms with E-state index in [0.29, 0.717) is 13.0 Å². The van der Waals surface area contributed by atoms with E-state index in [1.165, 1.54) is 10.8 Å². The molecule has 9 heteroatoms. The van der Waals surface area contributed by atoms with Crippen molar-refractivity contribution in [1.82, 2.24) is 9.29 Å². The maximum Gasteiger partial charge on any atom is 0.352 e. The van der Waals surface area contributed by atoms with Crippen LogP contribution < -0.4 is 4.72 Å². The number of nitrogens with one attached hydrogen (secondary N) is 1. The summed E-state index contributed by atoms with van der Waals surface area (Å²) in [4.78, 5) is 22.3. The smallest absolute Gasteiger partial charge is 0.352 e. The molecule has 1 aliphatic rings. The van der Waals surface area contributed by atoms with E-state index >= 15 is 0 Å². The standard InChI is InChI=1S/C12H16N2O6S/c1-2-4-14-7-8(6-10(14)11(15)16)21(18,19)13-9-3-5-20-12(9)17/h6-7,9,13H,2-5H2,1H3,(H,15,16). The van der Waals surface area contributed by atoms with E-state index in [-0.39, 0.29) is 23.6 Å². The van der Waals surface area contributed by atoms with Gasteiger partial charge in [0, 0.05) is 19.2 Å². The molecule has 0 radical (unpaired) electrons. The Hall–Kier alpha value is -1.87. The Morgan fingerprint density at radius 1 is 1.57 bits per heavy atom. The number of hydrogen-bond donors (Lipinski definition) is 2. The Morgan fingerprint density at radius 2 is 2.29 bits per heavy atom. The van der Waals surface area contributed by atoms with Crippen LogP contribution in [-0.4, -0.2) is 42.7 Å². The summed E-state index contributed by atoms with van der Waals surface area (Å²) in [5.74, 6) is -1.82. The predicted octanol–water partition coefficient (Wildman–Crippen LogP) is 0.190. The molecule has 0 saturated carbocycles. The molecule has 1 aromatic heterocycles. The number of aryl methyl sites for hydroxylation is 1. The third kappa shape index (κ3) is 3.24. The minimum Gasteiger partial charge on any atom is -0.477 e. The number of rotatable bonds is 6. The number of esters is 1. The molecule has 2 heterocycles. The molecule has 2 rings (SSSR count). The third-order valence-electron chi connectivity index (χ3n) is 3.10. The normalized spacial score (nSPS) is 18.7. The second kappa shape index (κ2) is 5.86. The molecule has 1 aromatic rings. The maximum absolute atomic E-state index is 12.2. The molecular weight excluding hydrogens is 300 g/mol. The fraction of sp³-hybridized carbons (Fsp3) is 0.500. The number of carboxylic acid groups (broad SMARTS) is 1. The lowest BCUT2D eigenvalue weighted by molar-refractivity contribution is -0.139. The Bertz CT molecular complexity index is 663. The van der Waals surface area contributed by atoms with E-state index in [4.69, 9.17) is 5.11 Å². The van der Waals surface area contributed by atoms with Crippen molar-refractivity contribution in [2.45, 2.75) is 37.2 Å². The first kappa shape index (κ1) is 15.5. The fourth-order valence-electron chi connectivity index (χ4n) is 2.09. The molecule has 0 spiro atoms. The number of ether oxygens (including phenoxy) is 1. The average molecular weight is 316 g/mol. The Balaban J connectivity index is 2.29. The Morgan fingerprint density at radius 3 is 2.81 bits per heavy atom. The molecule has 0 aromatic carbocycles. The van der Waals surface area contributed by atoms with Crippen LogP contribution in [0.2, 0.25) is 0 Å². The van der Waals surface area contributed by atoms with E-state index in [2.05, 4.69) is 9.46 Å². The minimum atomic E-state index is -3.97. The summed E-state index contributed by atoms with van der Waals surface area (Å²) in [6.45, 7) is 2.42. The molecular formula is C12H16N2O6S. The predicted molar refractivity (Wildman–Crippen MR) is 71.4 cm³/mol. The van der Waals surface area contributed by atoms with Crippen LogP contribution in [0.5, 0.6) is 0 Å². The second-order valence-electron chi connectivity index (χ2n) is 4.69. The quantitative estimate of drug-likeness (QED) is 0.724. The molecule has 1 fully saturated rings. The van der Waals surface area contributed by atoms with Gasteiger partial charge in [-0.05, 0) is 12.5 Å². The zero-order valence-electron chi connectivity index (χ0n) is 11.4. The van der Waals surface area contributed by atoms with Gasteiger partial charge in [0.25, 0.3) is 0 Å². The zero-order chi connectivity index (χ0) is 15.6. The summed E-state index contributed by atoms with van der Waals surface area (Å²) in [7, 11) is -3.97. The molecule has 1 atom stereocenters. The van der Waals surface area contributed by atoms with Gasteiger partial charge in [0.15, 0.2) is 0 Å². The van der Waals surface area contributed by atoms with E-state index in [9.17, 15) is 18.0 Å². The molecule has 1 saturated heterocycles. The summed E-state index contributed by atoms with van der Waals surface area (Å²) >= 11 is 0. The minimum absolute atomic E-state index is 0.105. The molecule has 1 aliphatic heterocycles. The number of aromatic carboxylic acids is 1. The van der Waals surface area contributed by atoms with Gasteiger partial charge in [-0.1, -0.05) is 6.92 Å². The van der Waals surface area contributed by atoms with Gasteiger partial charge in [-0.25, -0.2) is 13.2 Å². The van der Waals surface area contributed by atoms with Crippen LogP contribution in [0.3, 0.4) is 0 Å². The number of carboxylic acids is 1. The lowest BCUT2D eigenvalue weighted by atomic mass is 10.3. The first-order valence-electron chi connectivity index (χ1n) is 6.47. The number of cyclic esters (lactones) is 1. The van der Waals surface area contributed by atoms with Crippen LogP contribution in [0.4, 0.5) is 0 Å². The van der Waals surface area contributed by atoms with Crippen molar-refractivity contribution in [1.29, 1.82) is 0 Å². The fourth-order valence-corrected chi connectivity index (χ4v) is 3.35. The zero-order valence-corrected chi connectivity index (χ0v) is 12.2. The summed E-state index contributed by atoms with van der Waals surface area (Å²) < 4.78 is 32.7. The summed E-state index contributed by atoms with van der Waals surface area (Å²) in [5.41, 5.74) is -0.105. The number of carbonyl (C=O) groups excluding carboxylic acids is 1. The van der Waals surface area contributed by atoms with Crippen LogP contribution in [0.1, 0.15) is 30.3 Å². The van der Waals surface area contributed by atoms with Gasteiger partial charge >= 0.3 is 11.9 Å². The number of nitrogens with zero attached hydrogens (tertiary/aromatic N) is 1. The first-order chi connectivity index (χ1) is 9.85. The van der Waals surface area contributed by atoms with Crippen LogP contribution in [-0.2, 0) is 26.1 Å². The molecule has 2 N–H and O–H groups in total. The number of carbonyl (C=O) groups is 2. The molecule has 8 nitrogen and oxygen atoms in total. The van der Waals surface area contributed by atoms with Gasteiger partial charge < -0.3 is 14.4 Å². The van der Waals surface area contributed by atoms with Gasteiger partial charge in [-0.2, -0.15) is 4.72 Å². The Kier molecular flexibility index (Phi) is 4.33. The molecule has 116 valence electrons. The van der Waals surface area contributed by atoms with E-state index in [1.807, 2.05) is 6.92 Å². The van der Waals surface area contributed by atoms with Gasteiger partial charge in [0.1, 0.15) is 16.6 Å². The second-order valence-corrected chi connectivity index (χ2v) is 6.40. The van der Waals surface area contributed by atoms with Gasteiger partial charge in [0.2, 0.25) is 10.0 Å². The highest BCUT2D eigenvalue weighted by Crippen LogP contribution is 2.17. The molecule has 0 aliphatic carbocycles. The van der Waals surface area contributed by atoms with Gasteiger partial charge in [-0.3, -0.25) is 4.79 Å². The van der Waals surface area contributed by atoms with Crippen molar-refractivity contribution in [2.75, 3.05) is 6.61 Å². The van der Waals surface area contributed by atoms with Crippen molar-refractivity contribution >= 4 is 22.0 Å². The van der Waals surface area contributed by atoms with Crippen molar-refractivity contribution < 1.29 is 27.9 Å². The van der Waals surface area contributed by atoms with Crippen molar-refractivity contribution in [3.63, 3.8) is 0 Å². The number of sulfonamides is 1. The molecule has 0 bridgehead atoms. The lowest BCUT2D eigenvalue weighted by Gasteiger charge is -2.08. The first-order valence-corrected chi connectivity index (χ1v) is 7.96. The highest BCUT2D eigenvalue weighted by Gasteiger charge is 2.32. The topological polar surface area (TPSA) is 115 Å².